The van der Waals surface area contributed by atoms with Gasteiger partial charge in [-0.3, -0.25) is 0 Å². The van der Waals surface area contributed by atoms with E-state index in [0.29, 0.717) is 0 Å². The second-order valence-electron chi connectivity index (χ2n) is 4.08. The third-order valence-electron chi connectivity index (χ3n) is 2.62. The molecule has 5 nitrogen and oxygen atoms in total. The predicted molar refractivity (Wildman–Crippen MR) is 69.1 cm³/mol. The lowest BCUT2D eigenvalue weighted by atomic mass is 10.2. The Bertz CT molecular complexity index is 355. The van der Waals surface area contributed by atoms with Crippen LogP contribution in [0.1, 0.15) is 19.8 Å². The zero-order valence-electron chi connectivity index (χ0n) is 10.1. The van der Waals surface area contributed by atoms with Crippen molar-refractivity contribution in [3.63, 3.8) is 0 Å². The molecule has 1 fully saturated rings. The van der Waals surface area contributed by atoms with Crippen molar-refractivity contribution in [3.05, 3.63) is 0 Å². The molecule has 0 bridgehead atoms. The summed E-state index contributed by atoms with van der Waals surface area (Å²) in [5.41, 5.74) is 0. The van der Waals surface area contributed by atoms with Crippen LogP contribution in [-0.4, -0.2) is 50.2 Å². The third kappa shape index (κ3) is 4.75. The first-order chi connectivity index (χ1) is 7.98. The molecule has 1 N–H and O–H groups in total. The fraction of sp³-hybridized carbons (Fsp3) is 0.900. The van der Waals surface area contributed by atoms with E-state index >= 15 is 0 Å². The number of ether oxygens (including phenoxy) is 1. The Morgan fingerprint density at radius 1 is 1.47 bits per heavy atom. The highest BCUT2D eigenvalue weighted by atomic mass is 32.2. The molecule has 1 heterocycles. The molecule has 0 unspecified atom stereocenters. The number of carbonyl (C=O) groups is 1. The summed E-state index contributed by atoms with van der Waals surface area (Å²) in [6.07, 6.45) is 1.58. The molecule has 0 aromatic heterocycles. The van der Waals surface area contributed by atoms with Gasteiger partial charge in [0.1, 0.15) is 0 Å². The summed E-state index contributed by atoms with van der Waals surface area (Å²) < 4.78 is 27.6. The molecular formula is C10H19NO4S2. The van der Waals surface area contributed by atoms with E-state index in [1.807, 2.05) is 0 Å². The maximum atomic E-state index is 11.5. The summed E-state index contributed by atoms with van der Waals surface area (Å²) in [6, 6.07) is -0.325. The normalized spacial score (nSPS) is 26.7. The molecule has 100 valence electrons. The minimum Gasteiger partial charge on any atom is -0.453 e. The number of rotatable bonds is 5. The molecule has 2 atom stereocenters. The van der Waals surface area contributed by atoms with E-state index in [1.54, 1.807) is 11.8 Å². The number of methoxy groups -OCH3 is 1. The molecule has 0 aromatic rings. The van der Waals surface area contributed by atoms with E-state index in [4.69, 9.17) is 0 Å². The molecular weight excluding hydrogens is 262 g/mol. The minimum atomic E-state index is -3.03. The molecule has 17 heavy (non-hydrogen) atoms. The van der Waals surface area contributed by atoms with Gasteiger partial charge in [0.15, 0.2) is 9.84 Å². The summed E-state index contributed by atoms with van der Waals surface area (Å²) >= 11 is 1.62. The van der Waals surface area contributed by atoms with Crippen LogP contribution >= 0.6 is 11.8 Å². The van der Waals surface area contributed by atoms with E-state index in [-0.39, 0.29) is 22.8 Å². The van der Waals surface area contributed by atoms with Gasteiger partial charge in [0.25, 0.3) is 0 Å². The quantitative estimate of drug-likeness (QED) is 0.762. The number of unbranched alkanes of at least 4 members (excludes halogenated alkanes) is 1. The molecule has 0 saturated carbocycles. The Hall–Kier alpha value is -0.430. The molecule has 1 rings (SSSR count). The van der Waals surface area contributed by atoms with E-state index < -0.39 is 15.9 Å². The molecule has 1 aliphatic rings. The first kappa shape index (κ1) is 14.6. The van der Waals surface area contributed by atoms with Gasteiger partial charge in [-0.1, -0.05) is 13.3 Å². The van der Waals surface area contributed by atoms with Gasteiger partial charge >= 0.3 is 6.09 Å². The minimum absolute atomic E-state index is 0.0197. The van der Waals surface area contributed by atoms with Gasteiger partial charge in [-0.25, -0.2) is 13.2 Å². The number of amides is 1. The summed E-state index contributed by atoms with van der Waals surface area (Å²) in [5.74, 6) is 1.10. The third-order valence-corrected chi connectivity index (χ3v) is 6.01. The van der Waals surface area contributed by atoms with Crippen molar-refractivity contribution in [3.8, 4) is 0 Å². The highest BCUT2D eigenvalue weighted by Gasteiger charge is 2.38. The summed E-state index contributed by atoms with van der Waals surface area (Å²) in [4.78, 5) is 11.1. The van der Waals surface area contributed by atoms with Crippen LogP contribution < -0.4 is 5.32 Å². The zero-order valence-corrected chi connectivity index (χ0v) is 11.8. The van der Waals surface area contributed by atoms with Crippen LogP contribution in [0.2, 0.25) is 0 Å². The monoisotopic (exact) mass is 281 g/mol. The number of sulfone groups is 1. The molecule has 0 spiro atoms. The van der Waals surface area contributed by atoms with Crippen LogP contribution in [0.3, 0.4) is 0 Å². The predicted octanol–water partition coefficient (Wildman–Crippen LogP) is 1.04. The number of alkyl carbamates (subject to hydrolysis) is 1. The fourth-order valence-corrected chi connectivity index (χ4v) is 5.72. The highest BCUT2D eigenvalue weighted by molar-refractivity contribution is 8.01. The Morgan fingerprint density at radius 2 is 2.18 bits per heavy atom. The smallest absolute Gasteiger partial charge is 0.407 e. The van der Waals surface area contributed by atoms with Crippen LogP contribution in [0.15, 0.2) is 0 Å². The molecule has 1 amide bonds. The highest BCUT2D eigenvalue weighted by Crippen LogP contribution is 2.25. The Labute approximate surface area is 107 Å². The van der Waals surface area contributed by atoms with Crippen molar-refractivity contribution in [2.45, 2.75) is 31.1 Å². The molecule has 0 aliphatic carbocycles. The average molecular weight is 281 g/mol. The van der Waals surface area contributed by atoms with Gasteiger partial charge in [-0.2, -0.15) is 11.8 Å². The maximum absolute atomic E-state index is 11.5. The van der Waals surface area contributed by atoms with Crippen molar-refractivity contribution >= 4 is 27.7 Å². The Kier molecular flexibility index (Phi) is 5.58. The van der Waals surface area contributed by atoms with Crippen molar-refractivity contribution in [1.82, 2.24) is 5.32 Å². The largest absolute Gasteiger partial charge is 0.453 e. The van der Waals surface area contributed by atoms with Gasteiger partial charge in [-0.05, 0) is 12.2 Å². The van der Waals surface area contributed by atoms with Gasteiger partial charge < -0.3 is 10.1 Å². The average Bonchev–Trinajstić information content (AvgIpc) is 2.53. The molecule has 7 heteroatoms. The van der Waals surface area contributed by atoms with Crippen LogP contribution in [0, 0.1) is 0 Å². The molecule has 1 saturated heterocycles. The number of nitrogens with one attached hydrogen (secondary N) is 1. The van der Waals surface area contributed by atoms with Crippen LogP contribution in [-0.2, 0) is 14.6 Å². The number of thioether (sulfide) groups is 1. The second-order valence-corrected chi connectivity index (χ2v) is 7.58. The van der Waals surface area contributed by atoms with Gasteiger partial charge in [0.05, 0.1) is 24.7 Å². The van der Waals surface area contributed by atoms with E-state index in [9.17, 15) is 13.2 Å². The van der Waals surface area contributed by atoms with Crippen LogP contribution in [0.5, 0.6) is 0 Å². The van der Waals surface area contributed by atoms with Gasteiger partial charge in [0.2, 0.25) is 0 Å². The van der Waals surface area contributed by atoms with E-state index in [2.05, 4.69) is 17.0 Å². The number of carbonyl (C=O) groups excluding carboxylic acids is 1. The van der Waals surface area contributed by atoms with Crippen LogP contribution in [0.25, 0.3) is 0 Å². The first-order valence-corrected chi connectivity index (χ1v) is 8.52. The summed E-state index contributed by atoms with van der Waals surface area (Å²) in [6.45, 7) is 2.09. The fourth-order valence-electron chi connectivity index (χ4n) is 1.70. The topological polar surface area (TPSA) is 72.5 Å². The molecule has 0 aromatic carbocycles. The van der Waals surface area contributed by atoms with Crippen molar-refractivity contribution in [2.75, 3.05) is 24.4 Å². The summed E-state index contributed by atoms with van der Waals surface area (Å²) in [7, 11) is -1.75. The Morgan fingerprint density at radius 3 is 2.76 bits per heavy atom. The van der Waals surface area contributed by atoms with E-state index in [1.165, 1.54) is 7.11 Å². The maximum Gasteiger partial charge on any atom is 0.407 e. The first-order valence-electron chi connectivity index (χ1n) is 5.65. The van der Waals surface area contributed by atoms with Crippen LogP contribution in [0.4, 0.5) is 4.79 Å². The summed E-state index contributed by atoms with van der Waals surface area (Å²) in [5, 5.41) is 2.55. The van der Waals surface area contributed by atoms with Gasteiger partial charge in [0, 0.05) is 5.25 Å². The second kappa shape index (κ2) is 6.49. The number of hydrogen-bond acceptors (Lipinski definition) is 5. The lowest BCUT2D eigenvalue weighted by Gasteiger charge is -2.18. The zero-order chi connectivity index (χ0) is 12.9. The molecule has 1 aliphatic heterocycles. The standard InChI is InChI=1S/C10H19NO4S2/c1-3-4-5-16-9-7-17(13,14)6-8(9)11-10(12)15-2/h8-9H,3-7H2,1-2H3,(H,11,12)/t8-,9-/m0/s1. The van der Waals surface area contributed by atoms with Crippen molar-refractivity contribution in [1.29, 1.82) is 0 Å². The lowest BCUT2D eigenvalue weighted by molar-refractivity contribution is 0.168. The lowest BCUT2D eigenvalue weighted by Crippen LogP contribution is -2.41. The van der Waals surface area contributed by atoms with Gasteiger partial charge in [-0.15, -0.1) is 0 Å². The van der Waals surface area contributed by atoms with Crippen molar-refractivity contribution < 1.29 is 17.9 Å². The van der Waals surface area contributed by atoms with Crippen molar-refractivity contribution in [2.24, 2.45) is 0 Å². The number of hydrogen-bond donors (Lipinski definition) is 1. The SMILES string of the molecule is CCCCS[C@H]1CS(=O)(=O)C[C@@H]1NC(=O)OC. The Balaban J connectivity index is 2.55. The van der Waals surface area contributed by atoms with E-state index in [0.717, 1.165) is 18.6 Å². The molecule has 0 radical (unpaired) electrons.